The third-order valence-electron chi connectivity index (χ3n) is 3.56. The van der Waals surface area contributed by atoms with E-state index in [4.69, 9.17) is 5.73 Å². The van der Waals surface area contributed by atoms with Gasteiger partial charge in [0.15, 0.2) is 0 Å². The molecule has 2 aliphatic heterocycles. The summed E-state index contributed by atoms with van der Waals surface area (Å²) in [5.41, 5.74) is 9.67. The van der Waals surface area contributed by atoms with Crippen LogP contribution in [0.25, 0.3) is 0 Å². The topological polar surface area (TPSA) is 29.3 Å². The monoisotopic (exact) mass is 188 g/mol. The molecule has 2 heterocycles. The number of rotatable bonds is 0. The van der Waals surface area contributed by atoms with Gasteiger partial charge in [0.25, 0.3) is 0 Å². The highest BCUT2D eigenvalue weighted by atomic mass is 15.2. The van der Waals surface area contributed by atoms with Crippen LogP contribution in [-0.2, 0) is 13.0 Å². The SMILES string of the molecule is Nc1ccc2c(c1)CN1CCCC1C2. The van der Waals surface area contributed by atoms with E-state index in [9.17, 15) is 0 Å². The second-order valence-corrected chi connectivity index (χ2v) is 4.50. The predicted octanol–water partition coefficient (Wildman–Crippen LogP) is 1.79. The largest absolute Gasteiger partial charge is 0.399 e. The summed E-state index contributed by atoms with van der Waals surface area (Å²) in [6.45, 7) is 2.39. The molecule has 0 spiro atoms. The Morgan fingerprint density at radius 3 is 3.14 bits per heavy atom. The molecule has 74 valence electrons. The van der Waals surface area contributed by atoms with E-state index in [0.29, 0.717) is 0 Å². The van der Waals surface area contributed by atoms with Crippen LogP contribution in [0.4, 0.5) is 5.69 Å². The molecule has 2 nitrogen and oxygen atoms in total. The van der Waals surface area contributed by atoms with E-state index >= 15 is 0 Å². The number of fused-ring (bicyclic) bond motifs is 2. The molecule has 3 rings (SSSR count). The Morgan fingerprint density at radius 1 is 1.29 bits per heavy atom. The molecule has 2 heteroatoms. The molecule has 0 radical (unpaired) electrons. The smallest absolute Gasteiger partial charge is 0.0317 e. The third kappa shape index (κ3) is 1.22. The van der Waals surface area contributed by atoms with Crippen molar-refractivity contribution in [2.24, 2.45) is 0 Å². The van der Waals surface area contributed by atoms with Crippen molar-refractivity contribution in [3.8, 4) is 0 Å². The highest BCUT2D eigenvalue weighted by Gasteiger charge is 2.29. The summed E-state index contributed by atoms with van der Waals surface area (Å²) in [5, 5.41) is 0. The Kier molecular flexibility index (Phi) is 1.77. The van der Waals surface area contributed by atoms with Gasteiger partial charge in [0.1, 0.15) is 0 Å². The van der Waals surface area contributed by atoms with Crippen LogP contribution in [0, 0.1) is 0 Å². The fourth-order valence-corrected chi connectivity index (χ4v) is 2.80. The van der Waals surface area contributed by atoms with Crippen molar-refractivity contribution in [2.45, 2.75) is 31.8 Å². The van der Waals surface area contributed by atoms with Gasteiger partial charge in [0.2, 0.25) is 0 Å². The molecule has 1 atom stereocenters. The highest BCUT2D eigenvalue weighted by molar-refractivity contribution is 5.45. The quantitative estimate of drug-likeness (QED) is 0.629. The molecule has 0 aromatic heterocycles. The lowest BCUT2D eigenvalue weighted by Crippen LogP contribution is -2.35. The van der Waals surface area contributed by atoms with Gasteiger partial charge < -0.3 is 5.73 Å². The van der Waals surface area contributed by atoms with E-state index in [1.54, 1.807) is 0 Å². The number of hydrogen-bond acceptors (Lipinski definition) is 2. The van der Waals surface area contributed by atoms with Gasteiger partial charge in [-0.2, -0.15) is 0 Å². The number of nitrogen functional groups attached to an aromatic ring is 1. The van der Waals surface area contributed by atoms with Crippen LogP contribution in [0.5, 0.6) is 0 Å². The van der Waals surface area contributed by atoms with Crippen molar-refractivity contribution in [1.29, 1.82) is 0 Å². The fraction of sp³-hybridized carbons (Fsp3) is 0.500. The molecular weight excluding hydrogens is 172 g/mol. The molecule has 2 aliphatic rings. The van der Waals surface area contributed by atoms with E-state index < -0.39 is 0 Å². The van der Waals surface area contributed by atoms with Gasteiger partial charge in [-0.15, -0.1) is 0 Å². The average molecular weight is 188 g/mol. The van der Waals surface area contributed by atoms with Gasteiger partial charge in [0, 0.05) is 18.3 Å². The number of nitrogens with zero attached hydrogens (tertiary/aromatic N) is 1. The van der Waals surface area contributed by atoms with Crippen molar-refractivity contribution >= 4 is 5.69 Å². The lowest BCUT2D eigenvalue weighted by atomic mass is 9.94. The molecule has 2 N–H and O–H groups in total. The van der Waals surface area contributed by atoms with Crippen molar-refractivity contribution in [2.75, 3.05) is 12.3 Å². The molecule has 0 amide bonds. The minimum absolute atomic E-state index is 0.811. The van der Waals surface area contributed by atoms with Crippen LogP contribution in [-0.4, -0.2) is 17.5 Å². The maximum absolute atomic E-state index is 5.80. The summed E-state index contributed by atoms with van der Waals surface area (Å²) in [7, 11) is 0. The number of hydrogen-bond donors (Lipinski definition) is 1. The van der Waals surface area contributed by atoms with Crippen LogP contribution in [0.1, 0.15) is 24.0 Å². The van der Waals surface area contributed by atoms with Gasteiger partial charge >= 0.3 is 0 Å². The first-order chi connectivity index (χ1) is 6.83. The minimum atomic E-state index is 0.811. The van der Waals surface area contributed by atoms with Crippen molar-refractivity contribution in [3.63, 3.8) is 0 Å². The number of anilines is 1. The first-order valence-electron chi connectivity index (χ1n) is 5.44. The number of nitrogens with two attached hydrogens (primary N) is 1. The van der Waals surface area contributed by atoms with Crippen LogP contribution in [0.2, 0.25) is 0 Å². The van der Waals surface area contributed by atoms with Gasteiger partial charge in [-0.3, -0.25) is 4.90 Å². The van der Waals surface area contributed by atoms with E-state index in [1.807, 2.05) is 6.07 Å². The first-order valence-corrected chi connectivity index (χ1v) is 5.44. The van der Waals surface area contributed by atoms with Gasteiger partial charge in [0.05, 0.1) is 0 Å². The molecule has 1 unspecified atom stereocenters. The Balaban J connectivity index is 1.97. The molecule has 0 saturated carbocycles. The summed E-state index contributed by atoms with van der Waals surface area (Å²) in [6, 6.07) is 7.19. The van der Waals surface area contributed by atoms with Crippen LogP contribution < -0.4 is 5.73 Å². The molecule has 14 heavy (non-hydrogen) atoms. The second-order valence-electron chi connectivity index (χ2n) is 4.50. The normalized spacial score (nSPS) is 25.9. The Morgan fingerprint density at radius 2 is 2.21 bits per heavy atom. The Bertz CT molecular complexity index is 359. The zero-order valence-corrected chi connectivity index (χ0v) is 8.37. The van der Waals surface area contributed by atoms with Crippen molar-refractivity contribution < 1.29 is 0 Å². The second kappa shape index (κ2) is 2.99. The minimum Gasteiger partial charge on any atom is -0.399 e. The zero-order valence-electron chi connectivity index (χ0n) is 8.37. The molecule has 1 saturated heterocycles. The van der Waals surface area contributed by atoms with Crippen LogP contribution >= 0.6 is 0 Å². The maximum atomic E-state index is 5.80. The highest BCUT2D eigenvalue weighted by Crippen LogP contribution is 2.30. The molecular formula is C12H16N2. The zero-order chi connectivity index (χ0) is 9.54. The van der Waals surface area contributed by atoms with E-state index in [-0.39, 0.29) is 0 Å². The Labute approximate surface area is 84.7 Å². The standard InChI is InChI=1S/C12H16N2/c13-11-4-3-9-7-12-2-1-5-14(12)8-10(9)6-11/h3-4,6,12H,1-2,5,7-8,13H2. The summed E-state index contributed by atoms with van der Waals surface area (Å²) >= 11 is 0. The molecule has 0 bridgehead atoms. The Hall–Kier alpha value is -1.02. The van der Waals surface area contributed by atoms with E-state index in [2.05, 4.69) is 17.0 Å². The molecule has 1 fully saturated rings. The lowest BCUT2D eigenvalue weighted by molar-refractivity contribution is 0.227. The third-order valence-corrected chi connectivity index (χ3v) is 3.56. The molecule has 0 aliphatic carbocycles. The maximum Gasteiger partial charge on any atom is 0.0317 e. The first kappa shape index (κ1) is 8.30. The predicted molar refractivity (Wildman–Crippen MR) is 58.0 cm³/mol. The average Bonchev–Trinajstić information content (AvgIpc) is 2.61. The van der Waals surface area contributed by atoms with Crippen molar-refractivity contribution in [1.82, 2.24) is 4.90 Å². The van der Waals surface area contributed by atoms with Crippen molar-refractivity contribution in [3.05, 3.63) is 29.3 Å². The van der Waals surface area contributed by atoms with E-state index in [1.165, 1.54) is 36.9 Å². The van der Waals surface area contributed by atoms with Crippen LogP contribution in [0.15, 0.2) is 18.2 Å². The molecule has 1 aromatic rings. The van der Waals surface area contributed by atoms with E-state index in [0.717, 1.165) is 18.3 Å². The summed E-state index contributed by atoms with van der Waals surface area (Å²) in [6.07, 6.45) is 3.98. The fourth-order valence-electron chi connectivity index (χ4n) is 2.80. The lowest BCUT2D eigenvalue weighted by Gasteiger charge is -2.31. The summed E-state index contributed by atoms with van der Waals surface area (Å²) in [4.78, 5) is 2.60. The van der Waals surface area contributed by atoms with Crippen LogP contribution in [0.3, 0.4) is 0 Å². The summed E-state index contributed by atoms with van der Waals surface area (Å²) < 4.78 is 0. The molecule has 1 aromatic carbocycles. The van der Waals surface area contributed by atoms with Gasteiger partial charge in [-0.25, -0.2) is 0 Å². The summed E-state index contributed by atoms with van der Waals surface area (Å²) in [5.74, 6) is 0. The van der Waals surface area contributed by atoms with Gasteiger partial charge in [-0.1, -0.05) is 6.07 Å². The number of benzene rings is 1. The van der Waals surface area contributed by atoms with Gasteiger partial charge in [-0.05, 0) is 49.1 Å².